The van der Waals surface area contributed by atoms with Crippen LogP contribution in [-0.2, 0) is 11.2 Å². The monoisotopic (exact) mass is 464 g/mol. The van der Waals surface area contributed by atoms with Gasteiger partial charge in [0, 0.05) is 38.1 Å². The number of piperazine rings is 1. The number of hydrogen-bond donors (Lipinski definition) is 1. The van der Waals surface area contributed by atoms with Crippen LogP contribution in [0.3, 0.4) is 0 Å². The number of amides is 1. The summed E-state index contributed by atoms with van der Waals surface area (Å²) in [5.74, 6) is -0.356. The van der Waals surface area contributed by atoms with Gasteiger partial charge in [-0.3, -0.25) is 9.69 Å². The van der Waals surface area contributed by atoms with Crippen LogP contribution in [0.5, 0.6) is 0 Å². The van der Waals surface area contributed by atoms with Crippen molar-refractivity contribution in [3.05, 3.63) is 113 Å². The van der Waals surface area contributed by atoms with E-state index in [1.54, 1.807) is 6.20 Å². The predicted molar refractivity (Wildman–Crippen MR) is 141 cm³/mol. The van der Waals surface area contributed by atoms with E-state index >= 15 is 0 Å². The van der Waals surface area contributed by atoms with Crippen molar-refractivity contribution < 1.29 is 4.79 Å². The molecule has 1 saturated heterocycles. The fourth-order valence-corrected chi connectivity index (χ4v) is 4.71. The highest BCUT2D eigenvalue weighted by Crippen LogP contribution is 2.29. The maximum atomic E-state index is 12.9. The Hall–Kier alpha value is -3.88. The van der Waals surface area contributed by atoms with Gasteiger partial charge in [-0.15, -0.1) is 0 Å². The van der Waals surface area contributed by atoms with Gasteiger partial charge in [0.05, 0.1) is 6.04 Å². The molecule has 3 aromatic carbocycles. The van der Waals surface area contributed by atoms with Gasteiger partial charge in [0.2, 0.25) is 0 Å². The maximum absolute atomic E-state index is 12.9. The zero-order chi connectivity index (χ0) is 24.6. The lowest BCUT2D eigenvalue weighted by molar-refractivity contribution is -0.112. The molecule has 0 spiro atoms. The minimum absolute atomic E-state index is 0.131. The molecule has 1 fully saturated rings. The van der Waals surface area contributed by atoms with Crippen molar-refractivity contribution in [1.29, 1.82) is 5.26 Å². The van der Waals surface area contributed by atoms with Crippen LogP contribution >= 0.6 is 0 Å². The quantitative estimate of drug-likeness (QED) is 0.380. The Morgan fingerprint density at radius 3 is 2.09 bits per heavy atom. The van der Waals surface area contributed by atoms with Gasteiger partial charge in [0.15, 0.2) is 0 Å². The Kier molecular flexibility index (Phi) is 7.97. The Bertz CT molecular complexity index is 1170. The summed E-state index contributed by atoms with van der Waals surface area (Å²) in [4.78, 5) is 17.5. The third-order valence-electron chi connectivity index (χ3n) is 6.60. The van der Waals surface area contributed by atoms with Crippen molar-refractivity contribution in [2.24, 2.45) is 0 Å². The predicted octanol–water partition coefficient (Wildman–Crippen LogP) is 5.31. The zero-order valence-corrected chi connectivity index (χ0v) is 20.4. The average Bonchev–Trinajstić information content (AvgIpc) is 2.90. The molecular weight excluding hydrogens is 432 g/mol. The Balaban J connectivity index is 1.47. The molecule has 1 amide bonds. The molecule has 5 nitrogen and oxygen atoms in total. The number of hydrogen-bond acceptors (Lipinski definition) is 4. The Morgan fingerprint density at radius 2 is 1.54 bits per heavy atom. The van der Waals surface area contributed by atoms with Gasteiger partial charge >= 0.3 is 0 Å². The van der Waals surface area contributed by atoms with E-state index in [4.69, 9.17) is 0 Å². The summed E-state index contributed by atoms with van der Waals surface area (Å²) in [6, 6.07) is 29.4. The molecule has 3 aromatic rings. The van der Waals surface area contributed by atoms with Crippen LogP contribution in [0.4, 0.5) is 5.69 Å². The highest BCUT2D eigenvalue weighted by Gasteiger charge is 2.26. The second kappa shape index (κ2) is 11.5. The van der Waals surface area contributed by atoms with E-state index in [0.717, 1.165) is 49.4 Å². The number of benzene rings is 3. The molecule has 1 N–H and O–H groups in total. The summed E-state index contributed by atoms with van der Waals surface area (Å²) < 4.78 is 0. The minimum atomic E-state index is -0.356. The van der Waals surface area contributed by atoms with Crippen molar-refractivity contribution >= 4 is 11.6 Å². The van der Waals surface area contributed by atoms with Crippen molar-refractivity contribution in [3.8, 4) is 6.07 Å². The minimum Gasteiger partial charge on any atom is -0.374 e. The normalized spacial score (nSPS) is 14.6. The number of nitrogens with one attached hydrogen (secondary N) is 1. The SMILES string of the molecule is CCc1cccc(C)c1NC(=O)/C(C#N)=C\N1CCN(C(c2ccccc2)c2ccccc2)CC1. The van der Waals surface area contributed by atoms with Crippen LogP contribution in [0.1, 0.15) is 35.2 Å². The second-order valence-corrected chi connectivity index (χ2v) is 8.87. The van der Waals surface area contributed by atoms with Gasteiger partial charge in [-0.2, -0.15) is 5.26 Å². The number of nitriles is 1. The number of carbonyl (C=O) groups excluding carboxylic acids is 1. The molecule has 1 aliphatic rings. The summed E-state index contributed by atoms with van der Waals surface area (Å²) in [5, 5.41) is 12.7. The largest absolute Gasteiger partial charge is 0.374 e. The van der Waals surface area contributed by atoms with Crippen LogP contribution < -0.4 is 5.32 Å². The summed E-state index contributed by atoms with van der Waals surface area (Å²) in [6.07, 6.45) is 2.53. The average molecular weight is 465 g/mol. The standard InChI is InChI=1S/C30H32N4O/c1-3-24-16-10-11-23(2)28(24)32-30(35)27(21-31)22-33-17-19-34(20-18-33)29(25-12-6-4-7-13-25)26-14-8-5-9-15-26/h4-16,22,29H,3,17-20H2,1-2H3,(H,32,35)/b27-22-. The number of nitrogens with zero attached hydrogens (tertiary/aromatic N) is 3. The molecule has 178 valence electrons. The summed E-state index contributed by atoms with van der Waals surface area (Å²) in [5.41, 5.74) is 5.54. The van der Waals surface area contributed by atoms with Crippen molar-refractivity contribution in [3.63, 3.8) is 0 Å². The lowest BCUT2D eigenvalue weighted by atomic mass is 9.96. The fourth-order valence-electron chi connectivity index (χ4n) is 4.71. The number of rotatable bonds is 7. The van der Waals surface area contributed by atoms with Gasteiger partial charge in [-0.05, 0) is 35.6 Å². The van der Waals surface area contributed by atoms with Gasteiger partial charge in [0.1, 0.15) is 11.6 Å². The molecule has 0 saturated carbocycles. The third-order valence-corrected chi connectivity index (χ3v) is 6.60. The number of aryl methyl sites for hydroxylation is 2. The van der Waals surface area contributed by atoms with Gasteiger partial charge in [0.25, 0.3) is 5.91 Å². The topological polar surface area (TPSA) is 59.4 Å². The number of para-hydroxylation sites is 1. The van der Waals surface area contributed by atoms with Crippen molar-refractivity contribution in [2.75, 3.05) is 31.5 Å². The molecule has 0 aromatic heterocycles. The van der Waals surface area contributed by atoms with Gasteiger partial charge in [-0.1, -0.05) is 85.8 Å². The second-order valence-electron chi connectivity index (χ2n) is 8.87. The van der Waals surface area contributed by atoms with Crippen molar-refractivity contribution in [1.82, 2.24) is 9.80 Å². The van der Waals surface area contributed by atoms with Crippen LogP contribution in [-0.4, -0.2) is 41.9 Å². The highest BCUT2D eigenvalue weighted by atomic mass is 16.1. The van der Waals surface area contributed by atoms with E-state index in [9.17, 15) is 10.1 Å². The van der Waals surface area contributed by atoms with E-state index in [-0.39, 0.29) is 17.5 Å². The molecule has 1 heterocycles. The number of anilines is 1. The first-order valence-electron chi connectivity index (χ1n) is 12.2. The van der Waals surface area contributed by atoms with Crippen LogP contribution in [0.2, 0.25) is 0 Å². The first-order chi connectivity index (χ1) is 17.1. The lowest BCUT2D eigenvalue weighted by Crippen LogP contribution is -2.46. The first-order valence-corrected chi connectivity index (χ1v) is 12.2. The van der Waals surface area contributed by atoms with E-state index < -0.39 is 0 Å². The molecule has 0 bridgehead atoms. The Morgan fingerprint density at radius 1 is 0.943 bits per heavy atom. The van der Waals surface area contributed by atoms with Gasteiger partial charge in [-0.25, -0.2) is 0 Å². The van der Waals surface area contributed by atoms with E-state index in [2.05, 4.69) is 76.6 Å². The lowest BCUT2D eigenvalue weighted by Gasteiger charge is -2.39. The molecule has 35 heavy (non-hydrogen) atoms. The zero-order valence-electron chi connectivity index (χ0n) is 20.4. The molecule has 1 aliphatic heterocycles. The molecule has 5 heteroatoms. The molecule has 0 atom stereocenters. The molecule has 0 radical (unpaired) electrons. The van der Waals surface area contributed by atoms with Crippen LogP contribution in [0.25, 0.3) is 0 Å². The molecule has 0 aliphatic carbocycles. The van der Waals surface area contributed by atoms with Crippen LogP contribution in [0.15, 0.2) is 90.6 Å². The van der Waals surface area contributed by atoms with E-state index in [1.165, 1.54) is 11.1 Å². The highest BCUT2D eigenvalue weighted by molar-refractivity contribution is 6.07. The van der Waals surface area contributed by atoms with Crippen molar-refractivity contribution in [2.45, 2.75) is 26.3 Å². The first kappa shape index (κ1) is 24.3. The summed E-state index contributed by atoms with van der Waals surface area (Å²) >= 11 is 0. The molecular formula is C30H32N4O. The summed E-state index contributed by atoms with van der Waals surface area (Å²) in [6.45, 7) is 7.20. The number of carbonyl (C=O) groups is 1. The third kappa shape index (κ3) is 5.79. The van der Waals surface area contributed by atoms with Crippen LogP contribution in [0, 0.1) is 18.3 Å². The molecule has 4 rings (SSSR count). The summed E-state index contributed by atoms with van der Waals surface area (Å²) in [7, 11) is 0. The fraction of sp³-hybridized carbons (Fsp3) is 0.267. The molecule has 0 unspecified atom stereocenters. The Labute approximate surface area is 208 Å². The maximum Gasteiger partial charge on any atom is 0.267 e. The van der Waals surface area contributed by atoms with E-state index in [0.29, 0.717) is 0 Å². The smallest absolute Gasteiger partial charge is 0.267 e. The van der Waals surface area contributed by atoms with Gasteiger partial charge < -0.3 is 10.2 Å². The van der Waals surface area contributed by atoms with E-state index in [1.807, 2.05) is 37.3 Å².